The first kappa shape index (κ1) is 16.6. The molecule has 1 aromatic rings. The summed E-state index contributed by atoms with van der Waals surface area (Å²) < 4.78 is 5.10. The Balaban J connectivity index is 0.00000200. The molecule has 0 saturated carbocycles. The van der Waals surface area contributed by atoms with Crippen LogP contribution in [-0.4, -0.2) is 48.2 Å². The zero-order chi connectivity index (χ0) is 14.0. The second-order valence-corrected chi connectivity index (χ2v) is 5.06. The molecule has 1 aromatic carbocycles. The number of nitrogens with zero attached hydrogens (tertiary/aromatic N) is 1. The van der Waals surface area contributed by atoms with Gasteiger partial charge in [0.2, 0.25) is 0 Å². The van der Waals surface area contributed by atoms with E-state index >= 15 is 0 Å². The Morgan fingerprint density at radius 2 is 1.95 bits per heavy atom. The zero-order valence-electron chi connectivity index (χ0n) is 11.9. The maximum Gasteiger partial charge on any atom is 0.257 e. The smallest absolute Gasteiger partial charge is 0.257 e. The molecule has 1 fully saturated rings. The third-order valence-corrected chi connectivity index (χ3v) is 3.28. The van der Waals surface area contributed by atoms with Gasteiger partial charge < -0.3 is 20.1 Å². The molecule has 6 heteroatoms. The van der Waals surface area contributed by atoms with Crippen LogP contribution in [0.1, 0.15) is 24.2 Å². The van der Waals surface area contributed by atoms with Crippen molar-refractivity contribution in [3.63, 3.8) is 0 Å². The van der Waals surface area contributed by atoms with Gasteiger partial charge >= 0.3 is 0 Å². The molecule has 2 N–H and O–H groups in total. The minimum absolute atomic E-state index is 0. The van der Waals surface area contributed by atoms with Crippen molar-refractivity contribution in [2.24, 2.45) is 0 Å². The van der Waals surface area contributed by atoms with Crippen LogP contribution in [0.25, 0.3) is 0 Å². The van der Waals surface area contributed by atoms with Crippen LogP contribution in [0.2, 0.25) is 0 Å². The van der Waals surface area contributed by atoms with E-state index in [1.54, 1.807) is 17.0 Å². The number of carbonyl (C=O) groups excluding carboxylic acids is 1. The summed E-state index contributed by atoms with van der Waals surface area (Å²) in [6, 6.07) is 5.20. The summed E-state index contributed by atoms with van der Waals surface area (Å²) in [6.07, 6.45) is 0. The third kappa shape index (κ3) is 3.55. The third-order valence-electron chi connectivity index (χ3n) is 3.28. The molecule has 1 saturated heterocycles. The molecule has 112 valence electrons. The first-order valence-electron chi connectivity index (χ1n) is 6.43. The van der Waals surface area contributed by atoms with E-state index < -0.39 is 0 Å². The summed E-state index contributed by atoms with van der Waals surface area (Å²) in [4.78, 5) is 14.2. The lowest BCUT2D eigenvalue weighted by molar-refractivity contribution is 0.0670. The Morgan fingerprint density at radius 3 is 2.50 bits per heavy atom. The van der Waals surface area contributed by atoms with Gasteiger partial charge in [0, 0.05) is 25.2 Å². The molecule has 0 aromatic heterocycles. The number of phenolic OH excluding ortho intramolecular Hbond substituents is 1. The van der Waals surface area contributed by atoms with E-state index in [-0.39, 0.29) is 36.1 Å². The number of hydrogen-bond donors (Lipinski definition) is 2. The Labute approximate surface area is 125 Å². The molecular weight excluding hydrogens is 280 g/mol. The maximum absolute atomic E-state index is 12.5. The number of rotatable bonds is 2. The van der Waals surface area contributed by atoms with E-state index in [4.69, 9.17) is 4.74 Å². The Bertz CT molecular complexity index is 471. The number of aromatic hydroxyl groups is 1. The molecule has 20 heavy (non-hydrogen) atoms. The number of nitrogens with one attached hydrogen (secondary N) is 1. The molecule has 1 aliphatic rings. The highest BCUT2D eigenvalue weighted by Gasteiger charge is 2.27. The standard InChI is InChI=1S/C14H20N2O3.ClH/c1-9-7-16(8-10(2)15-9)14(18)12-6-11(19-3)4-5-13(12)17;/h4-6,9-10,15,17H,7-8H2,1-3H3;1H. The number of halogens is 1. The van der Waals surface area contributed by atoms with Gasteiger partial charge in [0.1, 0.15) is 11.5 Å². The quantitative estimate of drug-likeness (QED) is 0.872. The molecule has 0 radical (unpaired) electrons. The van der Waals surface area contributed by atoms with Gasteiger partial charge in [0.15, 0.2) is 0 Å². The van der Waals surface area contributed by atoms with Crippen LogP contribution in [0.4, 0.5) is 0 Å². The number of methoxy groups -OCH3 is 1. The van der Waals surface area contributed by atoms with E-state index in [9.17, 15) is 9.90 Å². The van der Waals surface area contributed by atoms with Crippen LogP contribution in [-0.2, 0) is 0 Å². The minimum atomic E-state index is -0.156. The Kier molecular flexibility index (Phi) is 5.65. The van der Waals surface area contributed by atoms with Crippen molar-refractivity contribution < 1.29 is 14.6 Å². The van der Waals surface area contributed by atoms with Crippen molar-refractivity contribution in [3.05, 3.63) is 23.8 Å². The summed E-state index contributed by atoms with van der Waals surface area (Å²) in [5.41, 5.74) is 0.292. The van der Waals surface area contributed by atoms with Crippen LogP contribution < -0.4 is 10.1 Å². The van der Waals surface area contributed by atoms with Crippen molar-refractivity contribution >= 4 is 18.3 Å². The van der Waals surface area contributed by atoms with Gasteiger partial charge in [-0.3, -0.25) is 4.79 Å². The molecule has 2 rings (SSSR count). The number of carbonyl (C=O) groups is 1. The molecule has 1 heterocycles. The second kappa shape index (κ2) is 6.81. The van der Waals surface area contributed by atoms with E-state index in [0.717, 1.165) is 0 Å². The van der Waals surface area contributed by atoms with Gasteiger partial charge in [-0.15, -0.1) is 12.4 Å². The fourth-order valence-corrected chi connectivity index (χ4v) is 2.48. The topological polar surface area (TPSA) is 61.8 Å². The summed E-state index contributed by atoms with van der Waals surface area (Å²) >= 11 is 0. The van der Waals surface area contributed by atoms with Crippen LogP contribution >= 0.6 is 12.4 Å². The Morgan fingerprint density at radius 1 is 1.35 bits per heavy atom. The molecular formula is C14H21ClN2O3. The number of ether oxygens (including phenoxy) is 1. The predicted molar refractivity (Wildman–Crippen MR) is 79.9 cm³/mol. The zero-order valence-corrected chi connectivity index (χ0v) is 12.7. The normalized spacial score (nSPS) is 22.1. The molecule has 0 bridgehead atoms. The first-order valence-corrected chi connectivity index (χ1v) is 6.43. The highest BCUT2D eigenvalue weighted by molar-refractivity contribution is 5.97. The minimum Gasteiger partial charge on any atom is -0.507 e. The number of phenols is 1. The van der Waals surface area contributed by atoms with Gasteiger partial charge in [0.25, 0.3) is 5.91 Å². The van der Waals surface area contributed by atoms with E-state index in [2.05, 4.69) is 5.32 Å². The van der Waals surface area contributed by atoms with Gasteiger partial charge in [-0.25, -0.2) is 0 Å². The van der Waals surface area contributed by atoms with Gasteiger partial charge in [-0.2, -0.15) is 0 Å². The molecule has 5 nitrogen and oxygen atoms in total. The van der Waals surface area contributed by atoms with Gasteiger partial charge in [-0.05, 0) is 32.0 Å². The monoisotopic (exact) mass is 300 g/mol. The summed E-state index contributed by atoms with van der Waals surface area (Å²) in [5, 5.41) is 13.2. The predicted octanol–water partition coefficient (Wildman–Crippen LogP) is 1.65. The average Bonchev–Trinajstić information content (AvgIpc) is 2.37. The lowest BCUT2D eigenvalue weighted by Crippen LogP contribution is -2.55. The van der Waals surface area contributed by atoms with Crippen molar-refractivity contribution in [2.45, 2.75) is 25.9 Å². The SMILES string of the molecule is COc1ccc(O)c(C(=O)N2CC(C)NC(C)C2)c1.Cl. The number of hydrogen-bond acceptors (Lipinski definition) is 4. The summed E-state index contributed by atoms with van der Waals surface area (Å²) in [5.74, 6) is 0.402. The molecule has 1 aliphatic heterocycles. The molecule has 1 amide bonds. The van der Waals surface area contributed by atoms with Crippen LogP contribution in [0, 0.1) is 0 Å². The van der Waals surface area contributed by atoms with Crippen molar-refractivity contribution in [1.29, 1.82) is 0 Å². The van der Waals surface area contributed by atoms with Crippen LogP contribution in [0.15, 0.2) is 18.2 Å². The first-order chi connectivity index (χ1) is 9.01. The van der Waals surface area contributed by atoms with Crippen LogP contribution in [0.5, 0.6) is 11.5 Å². The molecule has 0 aliphatic carbocycles. The van der Waals surface area contributed by atoms with E-state index in [1.165, 1.54) is 13.2 Å². The lowest BCUT2D eigenvalue weighted by Gasteiger charge is -2.36. The van der Waals surface area contributed by atoms with Crippen molar-refractivity contribution in [2.75, 3.05) is 20.2 Å². The number of benzene rings is 1. The maximum atomic E-state index is 12.5. The second-order valence-electron chi connectivity index (χ2n) is 5.06. The van der Waals surface area contributed by atoms with E-state index in [1.807, 2.05) is 13.8 Å². The van der Waals surface area contributed by atoms with Gasteiger partial charge in [0.05, 0.1) is 12.7 Å². The number of amides is 1. The largest absolute Gasteiger partial charge is 0.507 e. The fourth-order valence-electron chi connectivity index (χ4n) is 2.48. The molecule has 2 atom stereocenters. The molecule has 2 unspecified atom stereocenters. The Hall–Kier alpha value is -1.46. The fraction of sp³-hybridized carbons (Fsp3) is 0.500. The highest BCUT2D eigenvalue weighted by Crippen LogP contribution is 2.24. The van der Waals surface area contributed by atoms with Crippen molar-refractivity contribution in [3.8, 4) is 11.5 Å². The highest BCUT2D eigenvalue weighted by atomic mass is 35.5. The van der Waals surface area contributed by atoms with Gasteiger partial charge in [-0.1, -0.05) is 0 Å². The lowest BCUT2D eigenvalue weighted by atomic mass is 10.1. The van der Waals surface area contributed by atoms with Crippen LogP contribution in [0.3, 0.4) is 0 Å². The summed E-state index contributed by atoms with van der Waals surface area (Å²) in [6.45, 7) is 5.36. The molecule has 0 spiro atoms. The number of piperazine rings is 1. The summed E-state index contributed by atoms with van der Waals surface area (Å²) in [7, 11) is 1.54. The van der Waals surface area contributed by atoms with Crippen molar-refractivity contribution in [1.82, 2.24) is 10.2 Å². The van der Waals surface area contributed by atoms with E-state index in [0.29, 0.717) is 24.4 Å². The average molecular weight is 301 g/mol.